The first-order chi connectivity index (χ1) is 8.69. The van der Waals surface area contributed by atoms with Gasteiger partial charge in [-0.2, -0.15) is 0 Å². The Morgan fingerprint density at radius 2 is 2.39 bits per heavy atom. The largest absolute Gasteiger partial charge is 0.497 e. The van der Waals surface area contributed by atoms with Crippen LogP contribution in [0.25, 0.3) is 0 Å². The molecule has 1 heterocycles. The van der Waals surface area contributed by atoms with Crippen LogP contribution in [0.15, 0.2) is 24.3 Å². The molecular formula is C14H20N2OS. The summed E-state index contributed by atoms with van der Waals surface area (Å²) in [4.78, 5) is 3.08. The van der Waals surface area contributed by atoms with E-state index in [0.717, 1.165) is 31.8 Å². The first-order valence-electron chi connectivity index (χ1n) is 6.33. The van der Waals surface area contributed by atoms with Crippen molar-refractivity contribution in [1.29, 1.82) is 0 Å². The summed E-state index contributed by atoms with van der Waals surface area (Å²) in [5, 5.41) is 0. The lowest BCUT2D eigenvalue weighted by Crippen LogP contribution is -2.39. The van der Waals surface area contributed by atoms with Crippen molar-refractivity contribution in [3.63, 3.8) is 0 Å². The van der Waals surface area contributed by atoms with Crippen molar-refractivity contribution in [2.75, 3.05) is 20.2 Å². The number of nitrogens with two attached hydrogens (primary N) is 1. The summed E-state index contributed by atoms with van der Waals surface area (Å²) in [6, 6.07) is 8.22. The Labute approximate surface area is 114 Å². The number of nitrogens with zero attached hydrogens (tertiary/aromatic N) is 1. The van der Waals surface area contributed by atoms with Gasteiger partial charge in [-0.25, -0.2) is 0 Å². The molecule has 18 heavy (non-hydrogen) atoms. The first kappa shape index (κ1) is 13.3. The quantitative estimate of drug-likeness (QED) is 0.846. The van der Waals surface area contributed by atoms with Gasteiger partial charge in [-0.3, -0.25) is 4.90 Å². The number of hydrogen-bond donors (Lipinski definition) is 1. The number of likely N-dealkylation sites (tertiary alicyclic amines) is 1. The lowest BCUT2D eigenvalue weighted by molar-refractivity contribution is 0.197. The molecule has 0 aromatic heterocycles. The van der Waals surface area contributed by atoms with Crippen molar-refractivity contribution >= 4 is 17.2 Å². The molecule has 3 nitrogen and oxygen atoms in total. The Morgan fingerprint density at radius 1 is 1.56 bits per heavy atom. The van der Waals surface area contributed by atoms with Gasteiger partial charge in [0.1, 0.15) is 5.75 Å². The summed E-state index contributed by atoms with van der Waals surface area (Å²) in [5.41, 5.74) is 7.03. The fraction of sp³-hybridized carbons (Fsp3) is 0.500. The van der Waals surface area contributed by atoms with E-state index in [1.165, 1.54) is 12.0 Å². The average molecular weight is 264 g/mol. The van der Waals surface area contributed by atoms with Gasteiger partial charge in [-0.1, -0.05) is 24.4 Å². The zero-order valence-electron chi connectivity index (χ0n) is 10.8. The molecule has 1 aliphatic heterocycles. The lowest BCUT2D eigenvalue weighted by Gasteiger charge is -2.32. The van der Waals surface area contributed by atoms with Crippen molar-refractivity contribution in [3.8, 4) is 5.75 Å². The van der Waals surface area contributed by atoms with Crippen LogP contribution in [0.1, 0.15) is 18.4 Å². The summed E-state index contributed by atoms with van der Waals surface area (Å²) in [6.45, 7) is 3.04. The Balaban J connectivity index is 1.97. The van der Waals surface area contributed by atoms with Gasteiger partial charge in [0, 0.05) is 19.0 Å². The molecule has 2 rings (SSSR count). The van der Waals surface area contributed by atoms with Gasteiger partial charge >= 0.3 is 0 Å². The van der Waals surface area contributed by atoms with Crippen molar-refractivity contribution in [3.05, 3.63) is 29.8 Å². The highest BCUT2D eigenvalue weighted by molar-refractivity contribution is 7.80. The van der Waals surface area contributed by atoms with E-state index in [1.54, 1.807) is 7.11 Å². The van der Waals surface area contributed by atoms with Gasteiger partial charge in [0.05, 0.1) is 12.1 Å². The molecule has 1 saturated heterocycles. The molecule has 0 aliphatic carbocycles. The zero-order valence-corrected chi connectivity index (χ0v) is 11.6. The van der Waals surface area contributed by atoms with Crippen LogP contribution in [0.4, 0.5) is 0 Å². The van der Waals surface area contributed by atoms with E-state index in [1.807, 2.05) is 12.1 Å². The van der Waals surface area contributed by atoms with Gasteiger partial charge in [0.2, 0.25) is 0 Å². The van der Waals surface area contributed by atoms with Crippen LogP contribution in [-0.2, 0) is 6.54 Å². The highest BCUT2D eigenvalue weighted by atomic mass is 32.1. The second kappa shape index (κ2) is 6.16. The molecule has 1 unspecified atom stereocenters. The predicted molar refractivity (Wildman–Crippen MR) is 77.8 cm³/mol. The molecule has 98 valence electrons. The number of benzene rings is 1. The minimum Gasteiger partial charge on any atom is -0.497 e. The van der Waals surface area contributed by atoms with Gasteiger partial charge in [0.15, 0.2) is 0 Å². The van der Waals surface area contributed by atoms with Gasteiger partial charge in [-0.05, 0) is 37.1 Å². The van der Waals surface area contributed by atoms with Crippen LogP contribution in [0.2, 0.25) is 0 Å². The predicted octanol–water partition coefficient (Wildman–Crippen LogP) is 2.19. The van der Waals surface area contributed by atoms with Crippen LogP contribution in [0.5, 0.6) is 5.75 Å². The van der Waals surface area contributed by atoms with E-state index in [9.17, 15) is 0 Å². The van der Waals surface area contributed by atoms with Gasteiger partial charge in [0.25, 0.3) is 0 Å². The van der Waals surface area contributed by atoms with Crippen LogP contribution in [0, 0.1) is 5.92 Å². The maximum Gasteiger partial charge on any atom is 0.119 e. The third-order valence-electron chi connectivity index (χ3n) is 3.45. The normalized spacial score (nSPS) is 20.6. The van der Waals surface area contributed by atoms with Gasteiger partial charge in [-0.15, -0.1) is 0 Å². The average Bonchev–Trinajstić information content (AvgIpc) is 2.39. The second-order valence-corrected chi connectivity index (χ2v) is 5.30. The maximum absolute atomic E-state index is 5.75. The minimum atomic E-state index is 0.374. The Bertz CT molecular complexity index is 422. The number of ether oxygens (including phenoxy) is 1. The molecule has 1 atom stereocenters. The molecule has 0 bridgehead atoms. The molecule has 1 fully saturated rings. The number of hydrogen-bond acceptors (Lipinski definition) is 3. The maximum atomic E-state index is 5.75. The van der Waals surface area contributed by atoms with Crippen molar-refractivity contribution in [2.45, 2.75) is 19.4 Å². The third-order valence-corrected chi connectivity index (χ3v) is 3.78. The van der Waals surface area contributed by atoms with Crippen LogP contribution in [0.3, 0.4) is 0 Å². The van der Waals surface area contributed by atoms with E-state index in [4.69, 9.17) is 22.7 Å². The Morgan fingerprint density at radius 3 is 3.11 bits per heavy atom. The molecular weight excluding hydrogens is 244 g/mol. The summed E-state index contributed by atoms with van der Waals surface area (Å²) in [5.74, 6) is 1.29. The standard InChI is InChI=1S/C14H20N2OS/c1-17-13-6-2-4-11(8-13)9-16-7-3-5-12(10-16)14(15)18/h2,4,6,8,12H,3,5,7,9-10H2,1H3,(H2,15,18). The van der Waals surface area contributed by atoms with E-state index in [-0.39, 0.29) is 0 Å². The SMILES string of the molecule is COc1cccc(CN2CCCC(C(N)=S)C2)c1. The molecule has 4 heteroatoms. The summed E-state index contributed by atoms with van der Waals surface area (Å²) in [6.07, 6.45) is 2.30. The lowest BCUT2D eigenvalue weighted by atomic mass is 9.97. The second-order valence-electron chi connectivity index (χ2n) is 4.83. The van der Waals surface area contributed by atoms with E-state index < -0.39 is 0 Å². The van der Waals surface area contributed by atoms with Crippen molar-refractivity contribution in [2.24, 2.45) is 11.7 Å². The highest BCUT2D eigenvalue weighted by Crippen LogP contribution is 2.20. The number of rotatable bonds is 4. The molecule has 2 N–H and O–H groups in total. The van der Waals surface area contributed by atoms with Crippen LogP contribution >= 0.6 is 12.2 Å². The third kappa shape index (κ3) is 3.43. The molecule has 0 spiro atoms. The smallest absolute Gasteiger partial charge is 0.119 e. The highest BCUT2D eigenvalue weighted by Gasteiger charge is 2.21. The van der Waals surface area contributed by atoms with E-state index >= 15 is 0 Å². The minimum absolute atomic E-state index is 0.374. The summed E-state index contributed by atoms with van der Waals surface area (Å²) in [7, 11) is 1.70. The van der Waals surface area contributed by atoms with E-state index in [0.29, 0.717) is 10.9 Å². The molecule has 1 aromatic carbocycles. The van der Waals surface area contributed by atoms with E-state index in [2.05, 4.69) is 17.0 Å². The summed E-state index contributed by atoms with van der Waals surface area (Å²) < 4.78 is 5.24. The molecule has 0 saturated carbocycles. The molecule has 0 radical (unpaired) electrons. The van der Waals surface area contributed by atoms with Crippen LogP contribution in [-0.4, -0.2) is 30.1 Å². The zero-order chi connectivity index (χ0) is 13.0. The number of methoxy groups -OCH3 is 1. The Hall–Kier alpha value is -1.13. The fourth-order valence-electron chi connectivity index (χ4n) is 2.46. The monoisotopic (exact) mass is 264 g/mol. The molecule has 1 aliphatic rings. The van der Waals surface area contributed by atoms with Crippen LogP contribution < -0.4 is 10.5 Å². The topological polar surface area (TPSA) is 38.5 Å². The fourth-order valence-corrected chi connectivity index (χ4v) is 2.65. The van der Waals surface area contributed by atoms with Crippen molar-refractivity contribution in [1.82, 2.24) is 4.90 Å². The van der Waals surface area contributed by atoms with Gasteiger partial charge < -0.3 is 10.5 Å². The Kier molecular flexibility index (Phi) is 4.55. The number of thiocarbonyl (C=S) groups is 1. The first-order valence-corrected chi connectivity index (χ1v) is 6.74. The molecule has 0 amide bonds. The number of piperidine rings is 1. The molecule has 1 aromatic rings. The summed E-state index contributed by atoms with van der Waals surface area (Å²) >= 11 is 5.10. The van der Waals surface area contributed by atoms with Crippen molar-refractivity contribution < 1.29 is 4.74 Å².